The Hall–Kier alpha value is -2.94. The summed E-state index contributed by atoms with van der Waals surface area (Å²) < 4.78 is 1.86. The van der Waals surface area contributed by atoms with Gasteiger partial charge in [0.2, 0.25) is 0 Å². The monoisotopic (exact) mass is 422 g/mol. The Balaban J connectivity index is 0.000000300. The summed E-state index contributed by atoms with van der Waals surface area (Å²) in [5, 5.41) is 22.2. The summed E-state index contributed by atoms with van der Waals surface area (Å²) in [7, 11) is 0. The predicted molar refractivity (Wildman–Crippen MR) is 106 cm³/mol. The molecule has 146 valence electrons. The Morgan fingerprint density at radius 1 is 1.14 bits per heavy atom. The van der Waals surface area contributed by atoms with E-state index in [2.05, 4.69) is 10.1 Å². The summed E-state index contributed by atoms with van der Waals surface area (Å²) >= 11 is 12.4. The van der Waals surface area contributed by atoms with E-state index in [9.17, 15) is 9.59 Å². The summed E-state index contributed by atoms with van der Waals surface area (Å²) in [6, 6.07) is 7.42. The number of pyridine rings is 1. The lowest BCUT2D eigenvalue weighted by atomic mass is 10.1. The van der Waals surface area contributed by atoms with Crippen molar-refractivity contribution >= 4 is 46.0 Å². The summed E-state index contributed by atoms with van der Waals surface area (Å²) in [4.78, 5) is 23.3. The van der Waals surface area contributed by atoms with Gasteiger partial charge in [-0.15, -0.1) is 0 Å². The van der Waals surface area contributed by atoms with Crippen LogP contribution in [-0.2, 0) is 16.1 Å². The molecule has 10 heteroatoms. The molecule has 0 radical (unpaired) electrons. The standard InChI is InChI=1S/C14H12Cl2N4.C4H4O4/c15-11-3-1-2-9(13(11)16)14-10-8-18-6-4-12(10)20(19-14)7-5-17;5-3(6)1-2-4(7)8/h1-4,6,8H,5,7,17H2;1-2H,(H,5,6)(H,7,8). The molecule has 0 fully saturated rings. The number of aromatic nitrogens is 3. The highest BCUT2D eigenvalue weighted by molar-refractivity contribution is 6.43. The maximum absolute atomic E-state index is 9.55. The number of nitrogens with two attached hydrogens (primary N) is 1. The molecule has 0 spiro atoms. The number of halogens is 2. The molecule has 8 nitrogen and oxygen atoms in total. The first-order chi connectivity index (χ1) is 13.3. The molecule has 3 rings (SSSR count). The molecule has 0 aliphatic rings. The minimum Gasteiger partial charge on any atom is -0.478 e. The Labute approximate surface area is 169 Å². The molecule has 28 heavy (non-hydrogen) atoms. The molecule has 0 aliphatic carbocycles. The lowest BCUT2D eigenvalue weighted by Crippen LogP contribution is -2.10. The van der Waals surface area contributed by atoms with Crippen molar-refractivity contribution in [3.63, 3.8) is 0 Å². The van der Waals surface area contributed by atoms with Gasteiger partial charge >= 0.3 is 11.9 Å². The number of hydrogen-bond donors (Lipinski definition) is 3. The van der Waals surface area contributed by atoms with Crippen molar-refractivity contribution in [3.05, 3.63) is 58.9 Å². The van der Waals surface area contributed by atoms with Crippen LogP contribution in [0.25, 0.3) is 22.2 Å². The molecule has 2 aromatic heterocycles. The maximum atomic E-state index is 9.55. The Kier molecular flexibility index (Phi) is 7.51. The predicted octanol–water partition coefficient (Wildman–Crippen LogP) is 3.08. The zero-order valence-corrected chi connectivity index (χ0v) is 15.9. The van der Waals surface area contributed by atoms with Crippen LogP contribution in [0.15, 0.2) is 48.8 Å². The first-order valence-corrected chi connectivity index (χ1v) is 8.69. The van der Waals surface area contributed by atoms with E-state index >= 15 is 0 Å². The van der Waals surface area contributed by atoms with Gasteiger partial charge in [0.05, 0.1) is 22.1 Å². The molecule has 3 aromatic rings. The normalized spacial score (nSPS) is 10.7. The average molecular weight is 423 g/mol. The van der Waals surface area contributed by atoms with Crippen LogP contribution in [0.1, 0.15) is 0 Å². The molecule has 0 saturated carbocycles. The molecule has 0 unspecified atom stereocenters. The second-order valence-electron chi connectivity index (χ2n) is 5.36. The average Bonchev–Trinajstić information content (AvgIpc) is 3.02. The quantitative estimate of drug-likeness (QED) is 0.538. The fraction of sp³-hybridized carbons (Fsp3) is 0.111. The molecule has 0 saturated heterocycles. The van der Waals surface area contributed by atoms with E-state index in [-0.39, 0.29) is 0 Å². The van der Waals surface area contributed by atoms with Crippen LogP contribution in [-0.4, -0.2) is 43.5 Å². The van der Waals surface area contributed by atoms with Gasteiger partial charge in [0.1, 0.15) is 5.69 Å². The maximum Gasteiger partial charge on any atom is 0.328 e. The second-order valence-corrected chi connectivity index (χ2v) is 6.15. The number of carboxylic acid groups (broad SMARTS) is 2. The van der Waals surface area contributed by atoms with Gasteiger partial charge in [0.25, 0.3) is 0 Å². The lowest BCUT2D eigenvalue weighted by Gasteiger charge is -2.03. The topological polar surface area (TPSA) is 131 Å². The zero-order chi connectivity index (χ0) is 20.7. The zero-order valence-electron chi connectivity index (χ0n) is 14.4. The largest absolute Gasteiger partial charge is 0.478 e. The lowest BCUT2D eigenvalue weighted by molar-refractivity contribution is -0.134. The van der Waals surface area contributed by atoms with Crippen LogP contribution in [0.3, 0.4) is 0 Å². The Bertz CT molecular complexity index is 1020. The van der Waals surface area contributed by atoms with Gasteiger partial charge in [-0.3, -0.25) is 9.67 Å². The first-order valence-electron chi connectivity index (χ1n) is 7.94. The minimum absolute atomic E-state index is 0.498. The number of nitrogens with zero attached hydrogens (tertiary/aromatic N) is 3. The third-order valence-corrected chi connectivity index (χ3v) is 4.29. The van der Waals surface area contributed by atoms with Crippen molar-refractivity contribution in [1.29, 1.82) is 0 Å². The highest BCUT2D eigenvalue weighted by Crippen LogP contribution is 2.36. The fourth-order valence-corrected chi connectivity index (χ4v) is 2.73. The number of benzene rings is 1. The number of aliphatic carboxylic acids is 2. The Morgan fingerprint density at radius 3 is 2.43 bits per heavy atom. The van der Waals surface area contributed by atoms with E-state index < -0.39 is 11.9 Å². The number of fused-ring (bicyclic) bond motifs is 1. The number of rotatable bonds is 5. The van der Waals surface area contributed by atoms with Crippen LogP contribution in [0, 0.1) is 0 Å². The van der Waals surface area contributed by atoms with Crippen molar-refractivity contribution in [2.24, 2.45) is 5.73 Å². The fourth-order valence-electron chi connectivity index (χ4n) is 2.34. The molecular weight excluding hydrogens is 407 g/mol. The third kappa shape index (κ3) is 5.29. The molecule has 0 bridgehead atoms. The van der Waals surface area contributed by atoms with Crippen molar-refractivity contribution in [1.82, 2.24) is 14.8 Å². The number of hydrogen-bond acceptors (Lipinski definition) is 5. The third-order valence-electron chi connectivity index (χ3n) is 3.47. The van der Waals surface area contributed by atoms with Crippen molar-refractivity contribution < 1.29 is 19.8 Å². The molecule has 0 atom stereocenters. The van der Waals surface area contributed by atoms with Gasteiger partial charge < -0.3 is 15.9 Å². The van der Waals surface area contributed by atoms with Crippen LogP contribution in [0.2, 0.25) is 10.0 Å². The van der Waals surface area contributed by atoms with E-state index in [1.54, 1.807) is 18.5 Å². The van der Waals surface area contributed by atoms with Crippen LogP contribution in [0.4, 0.5) is 0 Å². The van der Waals surface area contributed by atoms with Gasteiger partial charge in [-0.25, -0.2) is 9.59 Å². The molecule has 0 amide bonds. The molecule has 2 heterocycles. The van der Waals surface area contributed by atoms with Crippen molar-refractivity contribution in [2.75, 3.05) is 6.54 Å². The van der Waals surface area contributed by atoms with E-state index in [4.69, 9.17) is 39.1 Å². The van der Waals surface area contributed by atoms with Gasteiger partial charge in [0.15, 0.2) is 0 Å². The first kappa shape index (κ1) is 21.4. The van der Waals surface area contributed by atoms with E-state index in [0.29, 0.717) is 35.3 Å². The SMILES string of the molecule is NCCn1nc(-c2cccc(Cl)c2Cl)c2cnccc21.O=C(O)C=CC(=O)O. The number of carboxylic acids is 2. The van der Waals surface area contributed by atoms with Gasteiger partial charge in [-0.1, -0.05) is 35.3 Å². The Morgan fingerprint density at radius 2 is 1.82 bits per heavy atom. The van der Waals surface area contributed by atoms with Gasteiger partial charge in [-0.2, -0.15) is 5.10 Å². The minimum atomic E-state index is -1.26. The van der Waals surface area contributed by atoms with Gasteiger partial charge in [-0.05, 0) is 12.1 Å². The molecule has 4 N–H and O–H groups in total. The smallest absolute Gasteiger partial charge is 0.328 e. The molecule has 1 aromatic carbocycles. The summed E-state index contributed by atoms with van der Waals surface area (Å²) in [6.07, 6.45) is 4.63. The number of carbonyl (C=O) groups is 2. The highest BCUT2D eigenvalue weighted by Gasteiger charge is 2.15. The van der Waals surface area contributed by atoms with Crippen LogP contribution >= 0.6 is 23.2 Å². The highest BCUT2D eigenvalue weighted by atomic mass is 35.5. The van der Waals surface area contributed by atoms with Crippen LogP contribution in [0.5, 0.6) is 0 Å². The second kappa shape index (κ2) is 9.84. The van der Waals surface area contributed by atoms with E-state index in [0.717, 1.165) is 22.2 Å². The van der Waals surface area contributed by atoms with Gasteiger partial charge in [0, 0.05) is 42.0 Å². The van der Waals surface area contributed by atoms with E-state index in [1.165, 1.54) is 0 Å². The molecule has 0 aliphatic heterocycles. The van der Waals surface area contributed by atoms with E-state index in [1.807, 2.05) is 22.9 Å². The van der Waals surface area contributed by atoms with Crippen molar-refractivity contribution in [3.8, 4) is 11.3 Å². The van der Waals surface area contributed by atoms with Crippen molar-refractivity contribution in [2.45, 2.75) is 6.54 Å². The summed E-state index contributed by atoms with van der Waals surface area (Å²) in [6.45, 7) is 1.15. The molecular formula is C18H16Cl2N4O4. The van der Waals surface area contributed by atoms with Crippen LogP contribution < -0.4 is 5.73 Å². The summed E-state index contributed by atoms with van der Waals surface area (Å²) in [5.74, 6) is -2.51. The summed E-state index contributed by atoms with van der Waals surface area (Å²) in [5.41, 5.74) is 8.18.